The quantitative estimate of drug-likeness (QED) is 0.207. The lowest BCUT2D eigenvalue weighted by molar-refractivity contribution is -0.140. The highest BCUT2D eigenvalue weighted by Gasteiger charge is 2.20. The van der Waals surface area contributed by atoms with Crippen LogP contribution in [0.1, 0.15) is 19.8 Å². The summed E-state index contributed by atoms with van der Waals surface area (Å²) in [6.45, 7) is 2.39. The van der Waals surface area contributed by atoms with E-state index in [0.717, 1.165) is 24.6 Å². The van der Waals surface area contributed by atoms with Gasteiger partial charge in [0.15, 0.2) is 11.0 Å². The summed E-state index contributed by atoms with van der Waals surface area (Å²) < 4.78 is 20.5. The molecule has 1 heterocycles. The molecule has 3 rings (SSSR count). The normalized spacial score (nSPS) is 11.0. The molecule has 0 unspecified atom stereocenters. The molecule has 0 atom stereocenters. The van der Waals surface area contributed by atoms with Gasteiger partial charge in [-0.15, -0.1) is 10.2 Å². The fourth-order valence-electron chi connectivity index (χ4n) is 2.56. The van der Waals surface area contributed by atoms with E-state index < -0.39 is 5.82 Å². The summed E-state index contributed by atoms with van der Waals surface area (Å²) in [6.07, 6.45) is 1.74. The number of unbranched alkanes of at least 4 members (excludes halogenated alkanes) is 1. The van der Waals surface area contributed by atoms with E-state index in [9.17, 15) is 9.18 Å². The van der Waals surface area contributed by atoms with E-state index in [1.54, 1.807) is 28.8 Å². The minimum atomic E-state index is -0.548. The molecule has 0 amide bonds. The molecule has 0 radical (unpaired) electrons. The summed E-state index contributed by atoms with van der Waals surface area (Å²) in [5.74, 6) is -0.453. The fourth-order valence-corrected chi connectivity index (χ4v) is 3.98. The summed E-state index contributed by atoms with van der Waals surface area (Å²) >= 11 is 19.5. The molecule has 0 saturated carbocycles. The highest BCUT2D eigenvalue weighted by Crippen LogP contribution is 2.34. The van der Waals surface area contributed by atoms with Gasteiger partial charge < -0.3 is 4.74 Å². The van der Waals surface area contributed by atoms with Crippen molar-refractivity contribution in [1.29, 1.82) is 0 Å². The Balaban J connectivity index is 1.97. The predicted molar refractivity (Wildman–Crippen MR) is 118 cm³/mol. The number of carbonyl (C=O) groups excluding carboxylic acids is 1. The minimum Gasteiger partial charge on any atom is -0.465 e. The van der Waals surface area contributed by atoms with Crippen LogP contribution in [-0.2, 0) is 9.53 Å². The van der Waals surface area contributed by atoms with Crippen molar-refractivity contribution in [3.05, 3.63) is 57.3 Å². The van der Waals surface area contributed by atoms with E-state index in [4.69, 9.17) is 39.5 Å². The van der Waals surface area contributed by atoms with Crippen molar-refractivity contribution in [3.8, 4) is 17.1 Å². The molecule has 1 aromatic heterocycles. The molecule has 0 saturated heterocycles. The van der Waals surface area contributed by atoms with Crippen LogP contribution < -0.4 is 0 Å². The minimum absolute atomic E-state index is 0.0468. The van der Waals surface area contributed by atoms with E-state index >= 15 is 0 Å². The first-order valence-corrected chi connectivity index (χ1v) is 11.2. The predicted octanol–water partition coefficient (Wildman–Crippen LogP) is 6.47. The van der Waals surface area contributed by atoms with Gasteiger partial charge in [-0.05, 0) is 42.8 Å². The van der Waals surface area contributed by atoms with Crippen molar-refractivity contribution in [2.45, 2.75) is 24.9 Å². The topological polar surface area (TPSA) is 57.0 Å². The number of nitrogens with zero attached hydrogens (tertiary/aromatic N) is 3. The van der Waals surface area contributed by atoms with E-state index in [0.29, 0.717) is 38.9 Å². The second-order valence-electron chi connectivity index (χ2n) is 6.23. The number of esters is 1. The second-order valence-corrected chi connectivity index (χ2v) is 8.42. The third-order valence-electron chi connectivity index (χ3n) is 4.05. The Morgan fingerprint density at radius 1 is 1.13 bits per heavy atom. The Morgan fingerprint density at radius 3 is 2.63 bits per heavy atom. The lowest BCUT2D eigenvalue weighted by Crippen LogP contribution is -2.09. The second kappa shape index (κ2) is 10.5. The molecule has 0 spiro atoms. The zero-order valence-corrected chi connectivity index (χ0v) is 19.0. The summed E-state index contributed by atoms with van der Waals surface area (Å²) in [4.78, 5) is 12.0. The average Bonchev–Trinajstić information content (AvgIpc) is 3.12. The summed E-state index contributed by atoms with van der Waals surface area (Å²) in [5, 5.41) is 9.63. The van der Waals surface area contributed by atoms with Gasteiger partial charge in [0.25, 0.3) is 0 Å². The number of halogens is 4. The Labute approximate surface area is 192 Å². The third-order valence-corrected chi connectivity index (χ3v) is 5.79. The molecular formula is C20H17Cl3FN3O2S. The van der Waals surface area contributed by atoms with Crippen molar-refractivity contribution in [1.82, 2.24) is 14.8 Å². The van der Waals surface area contributed by atoms with Crippen molar-refractivity contribution < 1.29 is 13.9 Å². The van der Waals surface area contributed by atoms with Gasteiger partial charge in [-0.25, -0.2) is 4.39 Å². The lowest BCUT2D eigenvalue weighted by Gasteiger charge is -2.12. The standard InChI is InChI=1S/C20H17Cl3FN3O2S/c1-2-3-8-29-18(28)11-30-20-26-25-19(14-6-4-12(21)9-15(14)22)27(20)13-5-7-17(24)16(23)10-13/h4-7,9-10H,2-3,8,11H2,1H3. The van der Waals surface area contributed by atoms with Crippen molar-refractivity contribution >= 4 is 52.5 Å². The first-order valence-electron chi connectivity index (χ1n) is 9.05. The van der Waals surface area contributed by atoms with Crippen LogP contribution in [0.5, 0.6) is 0 Å². The number of benzene rings is 2. The van der Waals surface area contributed by atoms with E-state index in [1.807, 2.05) is 6.92 Å². The van der Waals surface area contributed by atoms with Gasteiger partial charge in [0.05, 0.1) is 28.1 Å². The average molecular weight is 489 g/mol. The van der Waals surface area contributed by atoms with Crippen LogP contribution in [0.4, 0.5) is 4.39 Å². The summed E-state index contributed by atoms with van der Waals surface area (Å²) in [6, 6.07) is 9.23. The highest BCUT2D eigenvalue weighted by atomic mass is 35.5. The smallest absolute Gasteiger partial charge is 0.316 e. The van der Waals surface area contributed by atoms with Crippen molar-refractivity contribution in [2.24, 2.45) is 0 Å². The molecule has 0 aliphatic rings. The van der Waals surface area contributed by atoms with Gasteiger partial charge in [0, 0.05) is 10.6 Å². The SMILES string of the molecule is CCCCOC(=O)CSc1nnc(-c2ccc(Cl)cc2Cl)n1-c1ccc(F)c(Cl)c1. The number of carbonyl (C=O) groups is 1. The first-order chi connectivity index (χ1) is 14.4. The maximum Gasteiger partial charge on any atom is 0.316 e. The molecule has 0 aliphatic heterocycles. The van der Waals surface area contributed by atoms with Crippen molar-refractivity contribution in [3.63, 3.8) is 0 Å². The van der Waals surface area contributed by atoms with Gasteiger partial charge in [-0.2, -0.15) is 0 Å². The monoisotopic (exact) mass is 487 g/mol. The molecule has 0 bridgehead atoms. The largest absolute Gasteiger partial charge is 0.465 e. The molecule has 30 heavy (non-hydrogen) atoms. The number of hydrogen-bond donors (Lipinski definition) is 0. The number of thioether (sulfide) groups is 1. The van der Waals surface area contributed by atoms with Crippen LogP contribution in [0.15, 0.2) is 41.6 Å². The van der Waals surface area contributed by atoms with E-state index in [-0.39, 0.29) is 16.7 Å². The van der Waals surface area contributed by atoms with Gasteiger partial charge in [0.1, 0.15) is 5.82 Å². The van der Waals surface area contributed by atoms with Crippen molar-refractivity contribution in [2.75, 3.05) is 12.4 Å². The third kappa shape index (κ3) is 5.46. The van der Waals surface area contributed by atoms with Gasteiger partial charge >= 0.3 is 5.97 Å². The highest BCUT2D eigenvalue weighted by molar-refractivity contribution is 7.99. The van der Waals surface area contributed by atoms with Crippen LogP contribution in [0.25, 0.3) is 17.1 Å². The Hall–Kier alpha value is -1.80. The molecular weight excluding hydrogens is 472 g/mol. The van der Waals surface area contributed by atoms with Crippen LogP contribution >= 0.6 is 46.6 Å². The number of ether oxygens (including phenoxy) is 1. The van der Waals surface area contributed by atoms with Gasteiger partial charge in [-0.3, -0.25) is 9.36 Å². The van der Waals surface area contributed by atoms with Crippen LogP contribution in [0, 0.1) is 5.82 Å². The molecule has 158 valence electrons. The maximum absolute atomic E-state index is 13.7. The maximum atomic E-state index is 13.7. The van der Waals surface area contributed by atoms with Crippen LogP contribution in [-0.4, -0.2) is 33.1 Å². The molecule has 10 heteroatoms. The van der Waals surface area contributed by atoms with Gasteiger partial charge in [0.2, 0.25) is 0 Å². The Morgan fingerprint density at radius 2 is 1.93 bits per heavy atom. The fraction of sp³-hybridized carbons (Fsp3) is 0.250. The molecule has 2 aromatic carbocycles. The lowest BCUT2D eigenvalue weighted by atomic mass is 10.2. The number of aromatic nitrogens is 3. The van der Waals surface area contributed by atoms with E-state index in [1.165, 1.54) is 12.1 Å². The molecule has 0 N–H and O–H groups in total. The molecule has 0 aliphatic carbocycles. The van der Waals surface area contributed by atoms with Gasteiger partial charge in [-0.1, -0.05) is 59.9 Å². The molecule has 0 fully saturated rings. The molecule has 3 aromatic rings. The van der Waals surface area contributed by atoms with E-state index in [2.05, 4.69) is 10.2 Å². The van der Waals surface area contributed by atoms with Crippen LogP contribution in [0.2, 0.25) is 15.1 Å². The Bertz CT molecular complexity index is 1060. The Kier molecular flexibility index (Phi) is 7.99. The zero-order chi connectivity index (χ0) is 21.7. The summed E-state index contributed by atoms with van der Waals surface area (Å²) in [7, 11) is 0. The summed E-state index contributed by atoms with van der Waals surface area (Å²) in [5.41, 5.74) is 1.10. The number of rotatable bonds is 8. The number of hydrogen-bond acceptors (Lipinski definition) is 5. The molecule has 5 nitrogen and oxygen atoms in total. The zero-order valence-electron chi connectivity index (χ0n) is 15.9. The first kappa shape index (κ1) is 22.9. The van der Waals surface area contributed by atoms with Crippen LogP contribution in [0.3, 0.4) is 0 Å².